The van der Waals surface area contributed by atoms with Gasteiger partial charge in [-0.1, -0.05) is 33.1 Å². The van der Waals surface area contributed by atoms with E-state index in [2.05, 4.69) is 19.2 Å². The van der Waals surface area contributed by atoms with Gasteiger partial charge >= 0.3 is 0 Å². The van der Waals surface area contributed by atoms with Gasteiger partial charge in [0.1, 0.15) is 6.61 Å². The van der Waals surface area contributed by atoms with Crippen LogP contribution in [0.5, 0.6) is 0 Å². The number of carbonyl (C=O) groups excluding carboxylic acids is 1. The number of hydrogen-bond donors (Lipinski definition) is 1. The van der Waals surface area contributed by atoms with Gasteiger partial charge < -0.3 is 10.1 Å². The molecule has 1 unspecified atom stereocenters. The number of carbonyl (C=O) groups is 1. The van der Waals surface area contributed by atoms with E-state index in [0.717, 1.165) is 13.0 Å². The van der Waals surface area contributed by atoms with Crippen LogP contribution in [0.4, 0.5) is 0 Å². The molecule has 1 N–H and O–H groups in total. The van der Waals surface area contributed by atoms with Crippen LogP contribution in [0.2, 0.25) is 0 Å². The van der Waals surface area contributed by atoms with Gasteiger partial charge in [0.05, 0.1) is 0 Å². The lowest BCUT2D eigenvalue weighted by Crippen LogP contribution is -2.32. The first-order chi connectivity index (χ1) is 7.24. The SMILES string of the molecule is CCCCC(CC)CNC(=O)COCC. The van der Waals surface area contributed by atoms with Crippen molar-refractivity contribution in [3.8, 4) is 0 Å². The molecule has 0 radical (unpaired) electrons. The molecule has 0 saturated heterocycles. The van der Waals surface area contributed by atoms with Gasteiger partial charge in [-0.25, -0.2) is 0 Å². The molecule has 0 rings (SSSR count). The molecule has 15 heavy (non-hydrogen) atoms. The lowest BCUT2D eigenvalue weighted by atomic mass is 9.99. The molecule has 90 valence electrons. The van der Waals surface area contributed by atoms with Crippen molar-refractivity contribution in [1.82, 2.24) is 5.32 Å². The summed E-state index contributed by atoms with van der Waals surface area (Å²) in [5.74, 6) is 0.627. The second kappa shape index (κ2) is 9.97. The maximum atomic E-state index is 11.3. The summed E-state index contributed by atoms with van der Waals surface area (Å²) in [6, 6.07) is 0. The Bertz CT molecular complexity index is 160. The van der Waals surface area contributed by atoms with E-state index >= 15 is 0 Å². The van der Waals surface area contributed by atoms with Crippen LogP contribution < -0.4 is 5.32 Å². The lowest BCUT2D eigenvalue weighted by Gasteiger charge is -2.15. The fourth-order valence-electron chi connectivity index (χ4n) is 1.45. The van der Waals surface area contributed by atoms with Crippen LogP contribution in [0.1, 0.15) is 46.5 Å². The fraction of sp³-hybridized carbons (Fsp3) is 0.917. The monoisotopic (exact) mass is 215 g/mol. The summed E-state index contributed by atoms with van der Waals surface area (Å²) in [5.41, 5.74) is 0. The zero-order valence-corrected chi connectivity index (χ0v) is 10.3. The Morgan fingerprint density at radius 3 is 2.60 bits per heavy atom. The molecule has 0 aliphatic heterocycles. The number of ether oxygens (including phenoxy) is 1. The third kappa shape index (κ3) is 8.43. The average molecular weight is 215 g/mol. The first-order valence-electron chi connectivity index (χ1n) is 6.08. The molecule has 0 aliphatic carbocycles. The van der Waals surface area contributed by atoms with Crippen molar-refractivity contribution < 1.29 is 9.53 Å². The van der Waals surface area contributed by atoms with E-state index in [4.69, 9.17) is 4.74 Å². The van der Waals surface area contributed by atoms with Crippen molar-refractivity contribution in [3.63, 3.8) is 0 Å². The van der Waals surface area contributed by atoms with E-state index in [-0.39, 0.29) is 12.5 Å². The van der Waals surface area contributed by atoms with Crippen molar-refractivity contribution >= 4 is 5.91 Å². The molecule has 0 bridgehead atoms. The molecule has 0 aliphatic rings. The minimum atomic E-state index is 0.00629. The highest BCUT2D eigenvalue weighted by atomic mass is 16.5. The molecule has 0 saturated carbocycles. The number of hydrogen-bond acceptors (Lipinski definition) is 2. The molecule has 0 heterocycles. The molecule has 1 amide bonds. The van der Waals surface area contributed by atoms with Gasteiger partial charge in [0.2, 0.25) is 5.91 Å². The van der Waals surface area contributed by atoms with E-state index < -0.39 is 0 Å². The van der Waals surface area contributed by atoms with E-state index in [1.54, 1.807) is 0 Å². The Labute approximate surface area is 93.6 Å². The third-order valence-electron chi connectivity index (χ3n) is 2.57. The van der Waals surface area contributed by atoms with Crippen LogP contribution in [0.3, 0.4) is 0 Å². The highest BCUT2D eigenvalue weighted by molar-refractivity contribution is 5.77. The first kappa shape index (κ1) is 14.4. The van der Waals surface area contributed by atoms with Gasteiger partial charge in [-0.05, 0) is 19.3 Å². The maximum Gasteiger partial charge on any atom is 0.246 e. The van der Waals surface area contributed by atoms with Gasteiger partial charge in [0.15, 0.2) is 0 Å². The summed E-state index contributed by atoms with van der Waals surface area (Å²) in [5, 5.41) is 2.91. The molecular formula is C12H25NO2. The minimum Gasteiger partial charge on any atom is -0.372 e. The van der Waals surface area contributed by atoms with Gasteiger partial charge in [-0.3, -0.25) is 4.79 Å². The quantitative estimate of drug-likeness (QED) is 0.641. The Hall–Kier alpha value is -0.570. The average Bonchev–Trinajstić information content (AvgIpc) is 2.26. The first-order valence-corrected chi connectivity index (χ1v) is 6.08. The number of amides is 1. The van der Waals surface area contributed by atoms with E-state index in [9.17, 15) is 4.79 Å². The Morgan fingerprint density at radius 2 is 2.07 bits per heavy atom. The molecule has 0 fully saturated rings. The van der Waals surface area contributed by atoms with Crippen molar-refractivity contribution in [2.24, 2.45) is 5.92 Å². The summed E-state index contributed by atoms with van der Waals surface area (Å²) in [4.78, 5) is 11.3. The minimum absolute atomic E-state index is 0.00629. The van der Waals surface area contributed by atoms with Gasteiger partial charge in [0, 0.05) is 13.2 Å². The van der Waals surface area contributed by atoms with Crippen LogP contribution in [0, 0.1) is 5.92 Å². The van der Waals surface area contributed by atoms with Gasteiger partial charge in [-0.15, -0.1) is 0 Å². The number of nitrogens with one attached hydrogen (secondary N) is 1. The van der Waals surface area contributed by atoms with E-state index in [1.165, 1.54) is 19.3 Å². The topological polar surface area (TPSA) is 38.3 Å². The molecule has 3 heteroatoms. The zero-order valence-electron chi connectivity index (χ0n) is 10.3. The lowest BCUT2D eigenvalue weighted by molar-refractivity contribution is -0.125. The second-order valence-corrected chi connectivity index (χ2v) is 3.86. The summed E-state index contributed by atoms with van der Waals surface area (Å²) in [6.07, 6.45) is 4.82. The molecule has 0 spiro atoms. The van der Waals surface area contributed by atoms with Gasteiger partial charge in [-0.2, -0.15) is 0 Å². The Balaban J connectivity index is 3.55. The smallest absolute Gasteiger partial charge is 0.246 e. The number of unbranched alkanes of at least 4 members (excludes halogenated alkanes) is 1. The highest BCUT2D eigenvalue weighted by Gasteiger charge is 2.07. The second-order valence-electron chi connectivity index (χ2n) is 3.86. The van der Waals surface area contributed by atoms with Crippen LogP contribution in [0.25, 0.3) is 0 Å². The standard InChI is InChI=1S/C12H25NO2/c1-4-7-8-11(5-2)9-13-12(14)10-15-6-3/h11H,4-10H2,1-3H3,(H,13,14). The molecular weight excluding hydrogens is 190 g/mol. The Kier molecular flexibility index (Phi) is 9.59. The van der Waals surface area contributed by atoms with Crippen molar-refractivity contribution in [1.29, 1.82) is 0 Å². The van der Waals surface area contributed by atoms with Gasteiger partial charge in [0.25, 0.3) is 0 Å². The normalized spacial score (nSPS) is 12.5. The summed E-state index contributed by atoms with van der Waals surface area (Å²) in [7, 11) is 0. The van der Waals surface area contributed by atoms with Crippen LogP contribution in [-0.4, -0.2) is 25.7 Å². The van der Waals surface area contributed by atoms with E-state index in [1.807, 2.05) is 6.92 Å². The van der Waals surface area contributed by atoms with Crippen molar-refractivity contribution in [3.05, 3.63) is 0 Å². The van der Waals surface area contributed by atoms with E-state index in [0.29, 0.717) is 12.5 Å². The largest absolute Gasteiger partial charge is 0.372 e. The van der Waals surface area contributed by atoms with Crippen LogP contribution >= 0.6 is 0 Å². The molecule has 0 aromatic rings. The summed E-state index contributed by atoms with van der Waals surface area (Å²) >= 11 is 0. The van der Waals surface area contributed by atoms with Crippen LogP contribution in [0.15, 0.2) is 0 Å². The van der Waals surface area contributed by atoms with Crippen LogP contribution in [-0.2, 0) is 9.53 Å². The van der Waals surface area contributed by atoms with Crippen molar-refractivity contribution in [2.45, 2.75) is 46.5 Å². The predicted molar refractivity (Wildman–Crippen MR) is 62.8 cm³/mol. The molecule has 0 aromatic heterocycles. The predicted octanol–water partition coefficient (Wildman–Crippen LogP) is 2.36. The molecule has 1 atom stereocenters. The molecule has 0 aromatic carbocycles. The molecule has 3 nitrogen and oxygen atoms in total. The summed E-state index contributed by atoms with van der Waals surface area (Å²) in [6.45, 7) is 7.85. The zero-order chi connectivity index (χ0) is 11.5. The summed E-state index contributed by atoms with van der Waals surface area (Å²) < 4.78 is 5.03. The Morgan fingerprint density at radius 1 is 1.33 bits per heavy atom. The third-order valence-corrected chi connectivity index (χ3v) is 2.57. The van der Waals surface area contributed by atoms with Crippen molar-refractivity contribution in [2.75, 3.05) is 19.8 Å². The number of rotatable bonds is 9. The highest BCUT2D eigenvalue weighted by Crippen LogP contribution is 2.10. The maximum absolute atomic E-state index is 11.3. The fourth-order valence-corrected chi connectivity index (χ4v) is 1.45.